The van der Waals surface area contributed by atoms with Crippen LogP contribution in [0.3, 0.4) is 0 Å². The third-order valence-corrected chi connectivity index (χ3v) is 2.57. The van der Waals surface area contributed by atoms with Crippen LogP contribution in [0.4, 0.5) is 0 Å². The number of hydrogen-bond donors (Lipinski definition) is 1. The molecule has 0 heterocycles. The zero-order valence-electron chi connectivity index (χ0n) is 11.6. The van der Waals surface area contributed by atoms with Gasteiger partial charge < -0.3 is 10.5 Å². The summed E-state index contributed by atoms with van der Waals surface area (Å²) < 4.78 is 4.78. The van der Waals surface area contributed by atoms with Crippen molar-refractivity contribution >= 4 is 11.8 Å². The standard InChI is InChI=1S/C16H19NO3/c1-2-20-16(19)11-10-15(18)14-8-6-13(7-9-14)5-3-4-12-17/h6-9H,2,4,10-12,17H2,1H3. The van der Waals surface area contributed by atoms with Crippen LogP contribution in [0.5, 0.6) is 0 Å². The number of ether oxygens (including phenoxy) is 1. The Hall–Kier alpha value is -2.12. The molecule has 0 bridgehead atoms. The van der Waals surface area contributed by atoms with E-state index in [4.69, 9.17) is 10.5 Å². The first kappa shape index (κ1) is 15.9. The van der Waals surface area contributed by atoms with Crippen LogP contribution in [0.1, 0.15) is 42.1 Å². The fourth-order valence-electron chi connectivity index (χ4n) is 1.57. The van der Waals surface area contributed by atoms with E-state index in [0.717, 1.165) is 5.56 Å². The number of benzene rings is 1. The Morgan fingerprint density at radius 1 is 1.20 bits per heavy atom. The molecule has 0 radical (unpaired) electrons. The topological polar surface area (TPSA) is 69.4 Å². The number of carbonyl (C=O) groups excluding carboxylic acids is 2. The minimum Gasteiger partial charge on any atom is -0.466 e. The number of ketones is 1. The first-order chi connectivity index (χ1) is 9.67. The highest BCUT2D eigenvalue weighted by Crippen LogP contribution is 2.08. The van der Waals surface area contributed by atoms with E-state index in [9.17, 15) is 9.59 Å². The van der Waals surface area contributed by atoms with Crippen LogP contribution in [0.25, 0.3) is 0 Å². The quantitative estimate of drug-likeness (QED) is 0.488. The molecule has 1 aromatic rings. The van der Waals surface area contributed by atoms with Crippen molar-refractivity contribution in [2.24, 2.45) is 5.73 Å². The zero-order valence-corrected chi connectivity index (χ0v) is 11.6. The molecule has 0 aliphatic carbocycles. The molecule has 4 nitrogen and oxygen atoms in total. The Labute approximate surface area is 119 Å². The molecule has 20 heavy (non-hydrogen) atoms. The second kappa shape index (κ2) is 8.89. The fourth-order valence-corrected chi connectivity index (χ4v) is 1.57. The molecule has 1 rings (SSSR count). The number of Topliss-reactive ketones (excluding diaryl/α,β-unsaturated/α-hetero) is 1. The fraction of sp³-hybridized carbons (Fsp3) is 0.375. The maximum absolute atomic E-state index is 11.9. The van der Waals surface area contributed by atoms with Crippen molar-refractivity contribution < 1.29 is 14.3 Å². The summed E-state index contributed by atoms with van der Waals surface area (Å²) in [4.78, 5) is 23.0. The molecule has 0 saturated carbocycles. The summed E-state index contributed by atoms with van der Waals surface area (Å²) in [7, 11) is 0. The van der Waals surface area contributed by atoms with Gasteiger partial charge in [-0.05, 0) is 19.1 Å². The molecule has 106 valence electrons. The van der Waals surface area contributed by atoms with E-state index >= 15 is 0 Å². The second-order valence-corrected chi connectivity index (χ2v) is 4.15. The van der Waals surface area contributed by atoms with Crippen LogP contribution in [-0.2, 0) is 9.53 Å². The molecule has 0 aromatic heterocycles. The molecular weight excluding hydrogens is 254 g/mol. The molecule has 0 aliphatic heterocycles. The summed E-state index contributed by atoms with van der Waals surface area (Å²) in [6.07, 6.45) is 0.933. The van der Waals surface area contributed by atoms with Crippen LogP contribution in [0.15, 0.2) is 24.3 Å². The van der Waals surface area contributed by atoms with Gasteiger partial charge in [0.05, 0.1) is 13.0 Å². The minimum absolute atomic E-state index is 0.0699. The lowest BCUT2D eigenvalue weighted by molar-refractivity contribution is -0.143. The third kappa shape index (κ3) is 5.68. The van der Waals surface area contributed by atoms with Crippen LogP contribution >= 0.6 is 0 Å². The van der Waals surface area contributed by atoms with Crippen molar-refractivity contribution in [1.29, 1.82) is 0 Å². The van der Waals surface area contributed by atoms with Crippen molar-refractivity contribution in [3.05, 3.63) is 35.4 Å². The predicted octanol–water partition coefficient (Wildman–Crippen LogP) is 1.91. The monoisotopic (exact) mass is 273 g/mol. The summed E-state index contributed by atoms with van der Waals surface area (Å²) in [5, 5.41) is 0. The van der Waals surface area contributed by atoms with Gasteiger partial charge in [0.15, 0.2) is 5.78 Å². The van der Waals surface area contributed by atoms with Crippen molar-refractivity contribution in [2.75, 3.05) is 13.2 Å². The lowest BCUT2D eigenvalue weighted by Crippen LogP contribution is -2.07. The van der Waals surface area contributed by atoms with Gasteiger partial charge in [-0.1, -0.05) is 24.0 Å². The van der Waals surface area contributed by atoms with Crippen molar-refractivity contribution in [3.63, 3.8) is 0 Å². The molecular formula is C16H19NO3. The van der Waals surface area contributed by atoms with E-state index in [2.05, 4.69) is 11.8 Å². The van der Waals surface area contributed by atoms with Crippen molar-refractivity contribution in [3.8, 4) is 11.8 Å². The Bertz CT molecular complexity index is 509. The number of esters is 1. The summed E-state index contributed by atoms with van der Waals surface area (Å²) in [5.74, 6) is 5.48. The highest BCUT2D eigenvalue weighted by Gasteiger charge is 2.09. The molecule has 0 unspecified atom stereocenters. The molecule has 0 saturated heterocycles. The molecule has 0 amide bonds. The number of carbonyl (C=O) groups is 2. The lowest BCUT2D eigenvalue weighted by Gasteiger charge is -2.02. The van der Waals surface area contributed by atoms with E-state index in [0.29, 0.717) is 25.1 Å². The molecule has 0 fully saturated rings. The van der Waals surface area contributed by atoms with Crippen LogP contribution in [-0.4, -0.2) is 24.9 Å². The molecule has 0 spiro atoms. The van der Waals surface area contributed by atoms with Gasteiger partial charge in [0.1, 0.15) is 0 Å². The summed E-state index contributed by atoms with van der Waals surface area (Å²) in [6.45, 7) is 2.62. The summed E-state index contributed by atoms with van der Waals surface area (Å²) >= 11 is 0. The van der Waals surface area contributed by atoms with Gasteiger partial charge in [-0.25, -0.2) is 0 Å². The third-order valence-electron chi connectivity index (χ3n) is 2.57. The SMILES string of the molecule is CCOC(=O)CCC(=O)c1ccc(C#CCCN)cc1. The maximum Gasteiger partial charge on any atom is 0.306 e. The maximum atomic E-state index is 11.9. The second-order valence-electron chi connectivity index (χ2n) is 4.15. The minimum atomic E-state index is -0.342. The summed E-state index contributed by atoms with van der Waals surface area (Å²) in [5.41, 5.74) is 6.78. The Balaban J connectivity index is 2.54. The zero-order chi connectivity index (χ0) is 14.8. The van der Waals surface area contributed by atoms with E-state index in [1.807, 2.05) is 0 Å². The van der Waals surface area contributed by atoms with Crippen LogP contribution < -0.4 is 5.73 Å². The highest BCUT2D eigenvalue weighted by atomic mass is 16.5. The van der Waals surface area contributed by atoms with E-state index in [1.54, 1.807) is 31.2 Å². The largest absolute Gasteiger partial charge is 0.466 e. The first-order valence-corrected chi connectivity index (χ1v) is 6.65. The first-order valence-electron chi connectivity index (χ1n) is 6.65. The van der Waals surface area contributed by atoms with E-state index < -0.39 is 0 Å². The Morgan fingerprint density at radius 3 is 2.50 bits per heavy atom. The van der Waals surface area contributed by atoms with Gasteiger partial charge in [0.2, 0.25) is 0 Å². The smallest absolute Gasteiger partial charge is 0.306 e. The van der Waals surface area contributed by atoms with Gasteiger partial charge in [-0.15, -0.1) is 0 Å². The molecule has 0 atom stereocenters. The average molecular weight is 273 g/mol. The van der Waals surface area contributed by atoms with Crippen LogP contribution in [0, 0.1) is 11.8 Å². The van der Waals surface area contributed by atoms with Gasteiger partial charge >= 0.3 is 5.97 Å². The van der Waals surface area contributed by atoms with Gasteiger partial charge in [-0.3, -0.25) is 9.59 Å². The number of rotatable bonds is 6. The Morgan fingerprint density at radius 2 is 1.90 bits per heavy atom. The van der Waals surface area contributed by atoms with Gasteiger partial charge in [-0.2, -0.15) is 0 Å². The molecule has 0 aliphatic rings. The van der Waals surface area contributed by atoms with Crippen LogP contribution in [0.2, 0.25) is 0 Å². The molecule has 2 N–H and O–H groups in total. The number of hydrogen-bond acceptors (Lipinski definition) is 4. The lowest BCUT2D eigenvalue weighted by atomic mass is 10.0. The van der Waals surface area contributed by atoms with Crippen molar-refractivity contribution in [2.45, 2.75) is 26.2 Å². The van der Waals surface area contributed by atoms with E-state index in [-0.39, 0.29) is 24.6 Å². The van der Waals surface area contributed by atoms with Gasteiger partial charge in [0.25, 0.3) is 0 Å². The molecule has 1 aromatic carbocycles. The normalized spacial score (nSPS) is 9.50. The predicted molar refractivity (Wildman–Crippen MR) is 77.2 cm³/mol. The Kier molecular flexibility index (Phi) is 7.08. The molecule has 4 heteroatoms. The van der Waals surface area contributed by atoms with Crippen molar-refractivity contribution in [1.82, 2.24) is 0 Å². The average Bonchev–Trinajstić information content (AvgIpc) is 2.46. The highest BCUT2D eigenvalue weighted by molar-refractivity contribution is 5.97. The number of nitrogens with two attached hydrogens (primary N) is 1. The van der Waals surface area contributed by atoms with Gasteiger partial charge in [0, 0.05) is 30.5 Å². The van der Waals surface area contributed by atoms with E-state index in [1.165, 1.54) is 0 Å². The summed E-state index contributed by atoms with van der Waals surface area (Å²) in [6, 6.07) is 7.03.